The molecule has 0 aliphatic heterocycles. The van der Waals surface area contributed by atoms with Crippen LogP contribution in [0.25, 0.3) is 5.65 Å². The maximum atomic E-state index is 13.6. The maximum Gasteiger partial charge on any atom is 0.269 e. The van der Waals surface area contributed by atoms with Gasteiger partial charge in [0.2, 0.25) is 0 Å². The molecule has 0 N–H and O–H groups in total. The summed E-state index contributed by atoms with van der Waals surface area (Å²) in [5.41, 5.74) is -0.217. The van der Waals surface area contributed by atoms with E-state index < -0.39 is 28.2 Å². The maximum absolute atomic E-state index is 13.6. The van der Waals surface area contributed by atoms with Crippen molar-refractivity contribution in [1.29, 1.82) is 5.26 Å². The van der Waals surface area contributed by atoms with Gasteiger partial charge in [0.1, 0.15) is 28.9 Å². The number of hydrogen-bond donors (Lipinski definition) is 0. The molecule has 1 aromatic carbocycles. The zero-order valence-electron chi connectivity index (χ0n) is 13.6. The van der Waals surface area contributed by atoms with E-state index in [1.165, 1.54) is 16.5 Å². The molecule has 0 radical (unpaired) electrons. The van der Waals surface area contributed by atoms with Crippen LogP contribution in [-0.4, -0.2) is 29.6 Å². The number of rotatable bonds is 5. The molecule has 3 aromatic rings. The van der Waals surface area contributed by atoms with E-state index >= 15 is 0 Å². The second-order valence-corrected chi connectivity index (χ2v) is 7.16. The smallest absolute Gasteiger partial charge is 0.269 e. The van der Waals surface area contributed by atoms with Crippen LogP contribution in [0.1, 0.15) is 12.7 Å². The molecule has 0 bridgehead atoms. The summed E-state index contributed by atoms with van der Waals surface area (Å²) < 4.78 is 55.5. The van der Waals surface area contributed by atoms with Gasteiger partial charge in [0, 0.05) is 18.7 Å². The standard InChI is InChI=1S/C16H13F2N5O2S/c1-2-15-20-21-16-14(4-3-6-22(15)16)26(24,25)23(7-5-19)13-9-11(17)8-12(18)10-13/h3-4,6,8-10H,2,7H2,1H3. The molecular formula is C16H13F2N5O2S. The summed E-state index contributed by atoms with van der Waals surface area (Å²) in [5.74, 6) is -1.35. The molecule has 0 unspecified atom stereocenters. The van der Waals surface area contributed by atoms with Crippen LogP contribution in [0, 0.1) is 23.0 Å². The number of fused-ring (bicyclic) bond motifs is 1. The van der Waals surface area contributed by atoms with Gasteiger partial charge in [0.15, 0.2) is 5.65 Å². The van der Waals surface area contributed by atoms with Gasteiger partial charge in [-0.3, -0.25) is 8.71 Å². The topological polar surface area (TPSA) is 91.4 Å². The second-order valence-electron chi connectivity index (χ2n) is 5.33. The van der Waals surface area contributed by atoms with E-state index in [9.17, 15) is 17.2 Å². The van der Waals surface area contributed by atoms with Crippen molar-refractivity contribution >= 4 is 21.4 Å². The van der Waals surface area contributed by atoms with Gasteiger partial charge in [0.25, 0.3) is 10.0 Å². The van der Waals surface area contributed by atoms with Crippen LogP contribution in [0.4, 0.5) is 14.5 Å². The minimum Gasteiger partial charge on any atom is -0.285 e. The lowest BCUT2D eigenvalue weighted by Crippen LogP contribution is -2.32. The van der Waals surface area contributed by atoms with E-state index in [0.717, 1.165) is 12.1 Å². The van der Waals surface area contributed by atoms with Gasteiger partial charge in [-0.1, -0.05) is 6.92 Å². The van der Waals surface area contributed by atoms with E-state index in [-0.39, 0.29) is 16.2 Å². The van der Waals surface area contributed by atoms with Gasteiger partial charge in [-0.15, -0.1) is 10.2 Å². The Bertz CT molecular complexity index is 1100. The summed E-state index contributed by atoms with van der Waals surface area (Å²) in [6.45, 7) is 1.22. The quantitative estimate of drug-likeness (QED) is 0.636. The van der Waals surface area contributed by atoms with E-state index in [2.05, 4.69) is 10.2 Å². The lowest BCUT2D eigenvalue weighted by atomic mass is 10.3. The molecule has 134 valence electrons. The molecule has 10 heteroatoms. The summed E-state index contributed by atoms with van der Waals surface area (Å²) in [4.78, 5) is -0.216. The minimum absolute atomic E-state index is 0.0733. The van der Waals surface area contributed by atoms with Gasteiger partial charge in [0.05, 0.1) is 11.8 Å². The van der Waals surface area contributed by atoms with E-state index in [1.54, 1.807) is 12.3 Å². The first-order chi connectivity index (χ1) is 12.4. The molecule has 2 heterocycles. The van der Waals surface area contributed by atoms with Crippen molar-refractivity contribution in [1.82, 2.24) is 14.6 Å². The van der Waals surface area contributed by atoms with Crippen molar-refractivity contribution in [3.05, 3.63) is 54.0 Å². The molecule has 3 rings (SSSR count). The number of sulfonamides is 1. The molecule has 0 aliphatic carbocycles. The number of nitrogens with zero attached hydrogens (tertiary/aromatic N) is 5. The predicted octanol–water partition coefficient (Wildman–Crippen LogP) is 2.29. The summed E-state index contributed by atoms with van der Waals surface area (Å²) in [6, 6.07) is 6.82. The number of pyridine rings is 1. The first-order valence-corrected chi connectivity index (χ1v) is 9.01. The third kappa shape index (κ3) is 2.97. The average molecular weight is 377 g/mol. The fraction of sp³-hybridized carbons (Fsp3) is 0.188. The Labute approximate surface area is 148 Å². The Morgan fingerprint density at radius 1 is 1.23 bits per heavy atom. The fourth-order valence-corrected chi connectivity index (χ4v) is 4.03. The summed E-state index contributed by atoms with van der Waals surface area (Å²) in [7, 11) is -4.32. The van der Waals surface area contributed by atoms with Crippen LogP contribution in [-0.2, 0) is 16.4 Å². The van der Waals surface area contributed by atoms with Crippen molar-refractivity contribution in [2.45, 2.75) is 18.2 Å². The second kappa shape index (κ2) is 6.68. The zero-order valence-corrected chi connectivity index (χ0v) is 14.4. The van der Waals surface area contributed by atoms with Crippen molar-refractivity contribution in [3.8, 4) is 6.07 Å². The summed E-state index contributed by atoms with van der Waals surface area (Å²) in [5, 5.41) is 16.9. The number of aromatic nitrogens is 3. The Morgan fingerprint density at radius 3 is 2.54 bits per heavy atom. The van der Waals surface area contributed by atoms with Gasteiger partial charge < -0.3 is 0 Å². The van der Waals surface area contributed by atoms with Crippen LogP contribution in [0.5, 0.6) is 0 Å². The van der Waals surface area contributed by atoms with E-state index in [0.29, 0.717) is 22.6 Å². The number of nitriles is 1. The molecule has 26 heavy (non-hydrogen) atoms. The lowest BCUT2D eigenvalue weighted by Gasteiger charge is -2.22. The predicted molar refractivity (Wildman–Crippen MR) is 88.9 cm³/mol. The highest BCUT2D eigenvalue weighted by molar-refractivity contribution is 7.93. The SMILES string of the molecule is CCc1nnc2c(S(=O)(=O)N(CC#N)c3cc(F)cc(F)c3)cccn12. The third-order valence-corrected chi connectivity index (χ3v) is 5.50. The molecule has 7 nitrogen and oxygen atoms in total. The lowest BCUT2D eigenvalue weighted by molar-refractivity contribution is 0.581. The summed E-state index contributed by atoms with van der Waals surface area (Å²) >= 11 is 0. The van der Waals surface area contributed by atoms with Crippen LogP contribution in [0.2, 0.25) is 0 Å². The molecule has 0 saturated heterocycles. The third-order valence-electron chi connectivity index (χ3n) is 3.70. The van der Waals surface area contributed by atoms with Gasteiger partial charge in [-0.05, 0) is 24.3 Å². The Balaban J connectivity index is 2.21. The van der Waals surface area contributed by atoms with Gasteiger partial charge in [-0.2, -0.15) is 5.26 Å². The number of aryl methyl sites for hydroxylation is 1. The van der Waals surface area contributed by atoms with Crippen LogP contribution in [0.15, 0.2) is 41.4 Å². The molecule has 0 spiro atoms. The van der Waals surface area contributed by atoms with Crippen LogP contribution in [0.3, 0.4) is 0 Å². The highest BCUT2D eigenvalue weighted by Crippen LogP contribution is 2.27. The largest absolute Gasteiger partial charge is 0.285 e. The first kappa shape index (κ1) is 17.8. The Hall–Kier alpha value is -3.06. The first-order valence-electron chi connectivity index (χ1n) is 7.57. The number of anilines is 1. The minimum atomic E-state index is -4.32. The van der Waals surface area contributed by atoms with Gasteiger partial charge >= 0.3 is 0 Å². The van der Waals surface area contributed by atoms with Crippen LogP contribution < -0.4 is 4.31 Å². The Morgan fingerprint density at radius 2 is 1.92 bits per heavy atom. The molecule has 0 fully saturated rings. The highest BCUT2D eigenvalue weighted by atomic mass is 32.2. The summed E-state index contributed by atoms with van der Waals surface area (Å²) in [6.07, 6.45) is 2.14. The number of hydrogen-bond acceptors (Lipinski definition) is 5. The molecule has 0 saturated carbocycles. The number of halogens is 2. The molecule has 0 amide bonds. The van der Waals surface area contributed by atoms with Gasteiger partial charge in [-0.25, -0.2) is 17.2 Å². The zero-order chi connectivity index (χ0) is 18.9. The van der Waals surface area contributed by atoms with E-state index in [1.807, 2.05) is 6.92 Å². The van der Waals surface area contributed by atoms with Crippen molar-refractivity contribution < 1.29 is 17.2 Å². The highest BCUT2D eigenvalue weighted by Gasteiger charge is 2.29. The molecule has 0 aliphatic rings. The average Bonchev–Trinajstić information content (AvgIpc) is 3.01. The van der Waals surface area contributed by atoms with Crippen molar-refractivity contribution in [3.63, 3.8) is 0 Å². The van der Waals surface area contributed by atoms with Crippen molar-refractivity contribution in [2.24, 2.45) is 0 Å². The molecule has 2 aromatic heterocycles. The Kier molecular flexibility index (Phi) is 4.56. The molecule has 0 atom stereocenters. The normalized spacial score (nSPS) is 11.5. The fourth-order valence-electron chi connectivity index (χ4n) is 2.56. The van der Waals surface area contributed by atoms with E-state index in [4.69, 9.17) is 5.26 Å². The number of benzene rings is 1. The van der Waals surface area contributed by atoms with Crippen molar-refractivity contribution in [2.75, 3.05) is 10.8 Å². The van der Waals surface area contributed by atoms with Crippen LogP contribution >= 0.6 is 0 Å². The monoisotopic (exact) mass is 377 g/mol. The molecular weight excluding hydrogens is 364 g/mol.